The van der Waals surface area contributed by atoms with Crippen LogP contribution in [0, 0.1) is 0 Å². The molecule has 0 aromatic carbocycles. The lowest BCUT2D eigenvalue weighted by molar-refractivity contribution is -0.141. The van der Waals surface area contributed by atoms with Crippen molar-refractivity contribution in [3.63, 3.8) is 0 Å². The van der Waals surface area contributed by atoms with E-state index in [9.17, 15) is 9.59 Å². The standard InChI is InChI=1S/C18H31N3O3/c1-24-14-13-19-9-4-6-18(8-12-19)7-5-16(22)21(18)15-17(23)20-10-2-3-11-20/h2-15H2,1H3/t18-/m1/s1. The number of rotatable bonds is 5. The minimum Gasteiger partial charge on any atom is -0.383 e. The van der Waals surface area contributed by atoms with Crippen LogP contribution in [-0.4, -0.2) is 85.0 Å². The number of methoxy groups -OCH3 is 1. The van der Waals surface area contributed by atoms with E-state index < -0.39 is 0 Å². The van der Waals surface area contributed by atoms with Gasteiger partial charge in [0.2, 0.25) is 11.8 Å². The molecule has 3 saturated heterocycles. The molecular formula is C18H31N3O3. The highest BCUT2D eigenvalue weighted by Crippen LogP contribution is 2.39. The number of carbonyl (C=O) groups excluding carboxylic acids is 2. The lowest BCUT2D eigenvalue weighted by atomic mass is 9.87. The summed E-state index contributed by atoms with van der Waals surface area (Å²) in [5.74, 6) is 0.315. The molecule has 0 aromatic rings. The number of likely N-dealkylation sites (tertiary alicyclic amines) is 3. The van der Waals surface area contributed by atoms with Crippen molar-refractivity contribution in [2.24, 2.45) is 0 Å². The van der Waals surface area contributed by atoms with Gasteiger partial charge in [-0.15, -0.1) is 0 Å². The first kappa shape index (κ1) is 17.7. The molecule has 3 aliphatic rings. The zero-order chi connectivity index (χ0) is 17.0. The predicted molar refractivity (Wildman–Crippen MR) is 91.7 cm³/mol. The van der Waals surface area contributed by atoms with Crippen LogP contribution < -0.4 is 0 Å². The zero-order valence-corrected chi connectivity index (χ0v) is 15.0. The quantitative estimate of drug-likeness (QED) is 0.754. The van der Waals surface area contributed by atoms with E-state index in [2.05, 4.69) is 4.90 Å². The molecule has 0 bridgehead atoms. The van der Waals surface area contributed by atoms with Crippen LogP contribution in [0.15, 0.2) is 0 Å². The average Bonchev–Trinajstić information content (AvgIpc) is 3.15. The second-order valence-corrected chi connectivity index (χ2v) is 7.48. The first-order chi connectivity index (χ1) is 11.6. The predicted octanol–water partition coefficient (Wildman–Crippen LogP) is 1.10. The van der Waals surface area contributed by atoms with Crippen molar-refractivity contribution in [1.82, 2.24) is 14.7 Å². The largest absolute Gasteiger partial charge is 0.383 e. The molecule has 2 amide bonds. The average molecular weight is 337 g/mol. The van der Waals surface area contributed by atoms with Crippen molar-refractivity contribution in [3.8, 4) is 0 Å². The molecule has 0 N–H and O–H groups in total. The van der Waals surface area contributed by atoms with E-state index in [0.717, 1.165) is 77.9 Å². The SMILES string of the molecule is COCCN1CCC[C@@]2(CCC(=O)N2CC(=O)N2CCCC2)CC1. The third-order valence-corrected chi connectivity index (χ3v) is 6.05. The van der Waals surface area contributed by atoms with Crippen LogP contribution in [0.2, 0.25) is 0 Å². The summed E-state index contributed by atoms with van der Waals surface area (Å²) < 4.78 is 5.19. The molecule has 0 saturated carbocycles. The Bertz CT molecular complexity index is 464. The van der Waals surface area contributed by atoms with E-state index >= 15 is 0 Å². The number of amides is 2. The van der Waals surface area contributed by atoms with Crippen LogP contribution in [0.3, 0.4) is 0 Å². The third-order valence-electron chi connectivity index (χ3n) is 6.05. The van der Waals surface area contributed by atoms with Crippen LogP contribution >= 0.6 is 0 Å². The van der Waals surface area contributed by atoms with Crippen molar-refractivity contribution >= 4 is 11.8 Å². The van der Waals surface area contributed by atoms with Crippen LogP contribution in [0.1, 0.15) is 44.9 Å². The Kier molecular flexibility index (Phi) is 5.76. The van der Waals surface area contributed by atoms with Crippen LogP contribution in [-0.2, 0) is 14.3 Å². The second-order valence-electron chi connectivity index (χ2n) is 7.48. The minimum atomic E-state index is -0.0890. The van der Waals surface area contributed by atoms with Crippen molar-refractivity contribution < 1.29 is 14.3 Å². The van der Waals surface area contributed by atoms with Crippen molar-refractivity contribution in [2.45, 2.75) is 50.5 Å². The summed E-state index contributed by atoms with van der Waals surface area (Å²) in [6.07, 6.45) is 6.80. The fraction of sp³-hybridized carbons (Fsp3) is 0.889. The van der Waals surface area contributed by atoms with Gasteiger partial charge in [-0.05, 0) is 45.1 Å². The van der Waals surface area contributed by atoms with E-state index in [-0.39, 0.29) is 23.9 Å². The lowest BCUT2D eigenvalue weighted by Gasteiger charge is -2.38. The molecule has 1 spiro atoms. The van der Waals surface area contributed by atoms with Crippen LogP contribution in [0.4, 0.5) is 0 Å². The van der Waals surface area contributed by atoms with E-state index in [1.54, 1.807) is 7.11 Å². The van der Waals surface area contributed by atoms with E-state index in [1.807, 2.05) is 9.80 Å². The van der Waals surface area contributed by atoms with E-state index in [1.165, 1.54) is 0 Å². The van der Waals surface area contributed by atoms with Gasteiger partial charge < -0.3 is 19.4 Å². The first-order valence-corrected chi connectivity index (χ1v) is 9.44. The summed E-state index contributed by atoms with van der Waals surface area (Å²) in [6.45, 7) is 5.77. The highest BCUT2D eigenvalue weighted by molar-refractivity contribution is 5.87. The van der Waals surface area contributed by atoms with Crippen molar-refractivity contribution in [3.05, 3.63) is 0 Å². The van der Waals surface area contributed by atoms with Gasteiger partial charge in [0.15, 0.2) is 0 Å². The number of hydrogen-bond donors (Lipinski definition) is 0. The molecule has 24 heavy (non-hydrogen) atoms. The van der Waals surface area contributed by atoms with Gasteiger partial charge in [-0.1, -0.05) is 0 Å². The first-order valence-electron chi connectivity index (χ1n) is 9.44. The monoisotopic (exact) mass is 337 g/mol. The summed E-state index contributed by atoms with van der Waals surface area (Å²) in [5, 5.41) is 0. The highest BCUT2D eigenvalue weighted by Gasteiger charge is 2.46. The molecule has 0 radical (unpaired) electrons. The third kappa shape index (κ3) is 3.75. The molecule has 0 aromatic heterocycles. The molecule has 3 rings (SSSR count). The van der Waals surface area contributed by atoms with Gasteiger partial charge in [0.05, 0.1) is 6.61 Å². The molecule has 0 unspecified atom stereocenters. The summed E-state index contributed by atoms with van der Waals surface area (Å²) >= 11 is 0. The Hall–Kier alpha value is -1.14. The number of ether oxygens (including phenoxy) is 1. The number of nitrogens with zero attached hydrogens (tertiary/aromatic N) is 3. The Morgan fingerprint density at radius 1 is 1.08 bits per heavy atom. The smallest absolute Gasteiger partial charge is 0.242 e. The molecule has 3 fully saturated rings. The lowest BCUT2D eigenvalue weighted by Crippen LogP contribution is -2.51. The van der Waals surface area contributed by atoms with Gasteiger partial charge in [-0.25, -0.2) is 0 Å². The minimum absolute atomic E-state index is 0.0890. The summed E-state index contributed by atoms with van der Waals surface area (Å²) in [7, 11) is 1.74. The van der Waals surface area contributed by atoms with Gasteiger partial charge in [0.25, 0.3) is 0 Å². The highest BCUT2D eigenvalue weighted by atomic mass is 16.5. The summed E-state index contributed by atoms with van der Waals surface area (Å²) in [5.41, 5.74) is -0.0890. The van der Waals surface area contributed by atoms with Crippen LogP contribution in [0.25, 0.3) is 0 Å². The maximum absolute atomic E-state index is 12.6. The van der Waals surface area contributed by atoms with Crippen molar-refractivity contribution in [1.29, 1.82) is 0 Å². The molecule has 0 aliphatic carbocycles. The topological polar surface area (TPSA) is 53.1 Å². The maximum atomic E-state index is 12.6. The second kappa shape index (κ2) is 7.83. The molecule has 136 valence electrons. The van der Waals surface area contributed by atoms with Gasteiger partial charge in [0.1, 0.15) is 6.54 Å². The Morgan fingerprint density at radius 2 is 1.88 bits per heavy atom. The number of hydrogen-bond acceptors (Lipinski definition) is 4. The van der Waals surface area contributed by atoms with Gasteiger partial charge in [-0.2, -0.15) is 0 Å². The molecule has 3 heterocycles. The fourth-order valence-corrected chi connectivity index (χ4v) is 4.53. The summed E-state index contributed by atoms with van der Waals surface area (Å²) in [6, 6.07) is 0. The van der Waals surface area contributed by atoms with Crippen LogP contribution in [0.5, 0.6) is 0 Å². The molecular weight excluding hydrogens is 306 g/mol. The fourth-order valence-electron chi connectivity index (χ4n) is 4.53. The Morgan fingerprint density at radius 3 is 2.62 bits per heavy atom. The van der Waals surface area contributed by atoms with E-state index in [0.29, 0.717) is 6.42 Å². The van der Waals surface area contributed by atoms with Crippen molar-refractivity contribution in [2.75, 3.05) is 53.0 Å². The Balaban J connectivity index is 1.64. The number of carbonyl (C=O) groups is 2. The zero-order valence-electron chi connectivity index (χ0n) is 15.0. The Labute approximate surface area is 145 Å². The molecule has 6 nitrogen and oxygen atoms in total. The van der Waals surface area contributed by atoms with Gasteiger partial charge in [0, 0.05) is 45.2 Å². The molecule has 6 heteroatoms. The summed E-state index contributed by atoms with van der Waals surface area (Å²) in [4.78, 5) is 31.4. The maximum Gasteiger partial charge on any atom is 0.242 e. The molecule has 3 aliphatic heterocycles. The normalized spacial score (nSPS) is 28.8. The van der Waals surface area contributed by atoms with Gasteiger partial charge in [-0.3, -0.25) is 9.59 Å². The van der Waals surface area contributed by atoms with Gasteiger partial charge >= 0.3 is 0 Å². The molecule has 1 atom stereocenters. The van der Waals surface area contributed by atoms with E-state index in [4.69, 9.17) is 4.74 Å².